The van der Waals surface area contributed by atoms with Gasteiger partial charge in [-0.05, 0) is 18.2 Å². The van der Waals surface area contributed by atoms with E-state index in [9.17, 15) is 0 Å². The van der Waals surface area contributed by atoms with Gasteiger partial charge in [-0.15, -0.1) is 0 Å². The number of rotatable bonds is 3. The van der Waals surface area contributed by atoms with Crippen molar-refractivity contribution in [1.29, 1.82) is 0 Å². The van der Waals surface area contributed by atoms with Crippen LogP contribution in [0.25, 0.3) is 11.0 Å². The highest BCUT2D eigenvalue weighted by Crippen LogP contribution is 2.27. The monoisotopic (exact) mass is 269 g/mol. The Morgan fingerprint density at radius 3 is 3.10 bits per heavy atom. The number of anilines is 1. The summed E-state index contributed by atoms with van der Waals surface area (Å²) in [6.07, 6.45) is 3.79. The summed E-state index contributed by atoms with van der Waals surface area (Å²) in [4.78, 5) is 10.0. The van der Waals surface area contributed by atoms with E-state index in [0.717, 1.165) is 29.9 Å². The van der Waals surface area contributed by atoms with Crippen LogP contribution in [0.5, 0.6) is 0 Å². The molecular formula is C14H15N5O. The van der Waals surface area contributed by atoms with Crippen molar-refractivity contribution in [3.63, 3.8) is 0 Å². The third-order valence-corrected chi connectivity index (χ3v) is 3.77. The molecule has 0 aromatic carbocycles. The van der Waals surface area contributed by atoms with Crippen molar-refractivity contribution >= 4 is 16.9 Å². The highest BCUT2D eigenvalue weighted by Gasteiger charge is 2.24. The molecule has 0 unspecified atom stereocenters. The Morgan fingerprint density at radius 1 is 1.25 bits per heavy atom. The van der Waals surface area contributed by atoms with Crippen LogP contribution in [0, 0.1) is 0 Å². The van der Waals surface area contributed by atoms with Crippen LogP contribution in [0.2, 0.25) is 0 Å². The fourth-order valence-corrected chi connectivity index (χ4v) is 2.75. The third kappa shape index (κ3) is 1.69. The average molecular weight is 269 g/mol. The Bertz CT molecular complexity index is 760. The minimum Gasteiger partial charge on any atom is -0.394 e. The molecule has 0 fully saturated rings. The molecular weight excluding hydrogens is 254 g/mol. The van der Waals surface area contributed by atoms with E-state index in [1.807, 2.05) is 29.2 Å². The molecule has 102 valence electrons. The molecule has 6 heteroatoms. The SMILES string of the molecule is OCCn1ncc2c1CN(c1ccc3cc[nH]c3n1)C2. The van der Waals surface area contributed by atoms with Gasteiger partial charge in [0.15, 0.2) is 0 Å². The van der Waals surface area contributed by atoms with Gasteiger partial charge in [-0.1, -0.05) is 0 Å². The van der Waals surface area contributed by atoms with Gasteiger partial charge in [-0.3, -0.25) is 4.68 Å². The van der Waals surface area contributed by atoms with Gasteiger partial charge >= 0.3 is 0 Å². The molecule has 0 saturated heterocycles. The number of aromatic nitrogens is 4. The van der Waals surface area contributed by atoms with Crippen molar-refractivity contribution in [3.05, 3.63) is 41.9 Å². The summed E-state index contributed by atoms with van der Waals surface area (Å²) in [6, 6.07) is 6.15. The fourth-order valence-electron chi connectivity index (χ4n) is 2.75. The smallest absolute Gasteiger partial charge is 0.139 e. The molecule has 0 aliphatic carbocycles. The predicted octanol–water partition coefficient (Wildman–Crippen LogP) is 1.27. The normalized spacial score (nSPS) is 14.2. The molecule has 0 saturated carbocycles. The lowest BCUT2D eigenvalue weighted by Gasteiger charge is -2.17. The molecule has 0 bridgehead atoms. The maximum atomic E-state index is 9.06. The van der Waals surface area contributed by atoms with E-state index in [2.05, 4.69) is 26.0 Å². The zero-order chi connectivity index (χ0) is 13.5. The summed E-state index contributed by atoms with van der Waals surface area (Å²) in [6.45, 7) is 2.27. The maximum absolute atomic E-state index is 9.06. The van der Waals surface area contributed by atoms with Crippen LogP contribution in [-0.2, 0) is 19.6 Å². The molecule has 3 aromatic rings. The van der Waals surface area contributed by atoms with Crippen molar-refractivity contribution < 1.29 is 5.11 Å². The van der Waals surface area contributed by atoms with Crippen molar-refractivity contribution in [2.75, 3.05) is 11.5 Å². The third-order valence-electron chi connectivity index (χ3n) is 3.77. The number of hydrogen-bond donors (Lipinski definition) is 2. The lowest BCUT2D eigenvalue weighted by atomic mass is 10.3. The summed E-state index contributed by atoms with van der Waals surface area (Å²) >= 11 is 0. The summed E-state index contributed by atoms with van der Waals surface area (Å²) in [7, 11) is 0. The Morgan fingerprint density at radius 2 is 2.20 bits per heavy atom. The minimum atomic E-state index is 0.112. The van der Waals surface area contributed by atoms with E-state index in [1.165, 1.54) is 11.3 Å². The zero-order valence-electron chi connectivity index (χ0n) is 11.0. The highest BCUT2D eigenvalue weighted by atomic mass is 16.3. The first-order valence-electron chi connectivity index (χ1n) is 6.68. The van der Waals surface area contributed by atoms with Gasteiger partial charge in [0, 0.05) is 23.7 Å². The first kappa shape index (κ1) is 11.5. The lowest BCUT2D eigenvalue weighted by molar-refractivity contribution is 0.267. The number of aliphatic hydroxyl groups is 1. The van der Waals surface area contributed by atoms with E-state index < -0.39 is 0 Å². The second-order valence-corrected chi connectivity index (χ2v) is 5.00. The van der Waals surface area contributed by atoms with Crippen molar-refractivity contribution in [1.82, 2.24) is 19.7 Å². The molecule has 6 nitrogen and oxygen atoms in total. The summed E-state index contributed by atoms with van der Waals surface area (Å²) in [5, 5.41) is 14.5. The molecule has 0 spiro atoms. The van der Waals surface area contributed by atoms with Crippen LogP contribution in [0.15, 0.2) is 30.6 Å². The van der Waals surface area contributed by atoms with Crippen LogP contribution < -0.4 is 4.90 Å². The van der Waals surface area contributed by atoms with Gasteiger partial charge in [0.25, 0.3) is 0 Å². The standard InChI is InChI=1S/C14H15N5O/c20-6-5-19-12-9-18(8-11(12)7-16-19)13-2-1-10-3-4-15-14(10)17-13/h1-4,7,20H,5-6,8-9H2,(H,15,17). The van der Waals surface area contributed by atoms with E-state index in [0.29, 0.717) is 6.54 Å². The fraction of sp³-hybridized carbons (Fsp3) is 0.286. The van der Waals surface area contributed by atoms with Crippen LogP contribution >= 0.6 is 0 Å². The van der Waals surface area contributed by atoms with Crippen molar-refractivity contribution in [3.8, 4) is 0 Å². The van der Waals surface area contributed by atoms with Crippen LogP contribution in [0.1, 0.15) is 11.3 Å². The molecule has 3 aromatic heterocycles. The minimum absolute atomic E-state index is 0.112. The Labute approximate surface area is 115 Å². The first-order valence-corrected chi connectivity index (χ1v) is 6.68. The number of fused-ring (bicyclic) bond motifs is 2. The van der Waals surface area contributed by atoms with Gasteiger partial charge in [-0.25, -0.2) is 4.98 Å². The van der Waals surface area contributed by atoms with Crippen molar-refractivity contribution in [2.24, 2.45) is 0 Å². The number of nitrogens with one attached hydrogen (secondary N) is 1. The second kappa shape index (κ2) is 4.35. The Kier molecular flexibility index (Phi) is 2.50. The number of aliphatic hydroxyl groups excluding tert-OH is 1. The quantitative estimate of drug-likeness (QED) is 0.751. The Hall–Kier alpha value is -2.34. The summed E-state index contributed by atoms with van der Waals surface area (Å²) in [5.41, 5.74) is 3.30. The predicted molar refractivity (Wildman–Crippen MR) is 75.3 cm³/mol. The molecule has 4 heterocycles. The van der Waals surface area contributed by atoms with Gasteiger partial charge < -0.3 is 15.0 Å². The van der Waals surface area contributed by atoms with E-state index >= 15 is 0 Å². The van der Waals surface area contributed by atoms with Gasteiger partial charge in [-0.2, -0.15) is 5.10 Å². The van der Waals surface area contributed by atoms with Gasteiger partial charge in [0.2, 0.25) is 0 Å². The molecule has 0 amide bonds. The van der Waals surface area contributed by atoms with Crippen LogP contribution in [0.4, 0.5) is 5.82 Å². The molecule has 2 N–H and O–H groups in total. The van der Waals surface area contributed by atoms with Crippen LogP contribution in [0.3, 0.4) is 0 Å². The number of pyridine rings is 1. The number of aromatic amines is 1. The van der Waals surface area contributed by atoms with Gasteiger partial charge in [0.1, 0.15) is 11.5 Å². The van der Waals surface area contributed by atoms with Crippen LogP contribution in [-0.4, -0.2) is 31.5 Å². The number of hydrogen-bond acceptors (Lipinski definition) is 4. The van der Waals surface area contributed by atoms with E-state index in [-0.39, 0.29) is 6.61 Å². The van der Waals surface area contributed by atoms with E-state index in [4.69, 9.17) is 5.11 Å². The maximum Gasteiger partial charge on any atom is 0.139 e. The molecule has 1 aliphatic rings. The topological polar surface area (TPSA) is 70.0 Å². The zero-order valence-corrected chi connectivity index (χ0v) is 11.0. The summed E-state index contributed by atoms with van der Waals surface area (Å²) in [5.74, 6) is 0.965. The second-order valence-electron chi connectivity index (χ2n) is 5.00. The first-order chi connectivity index (χ1) is 9.85. The molecule has 20 heavy (non-hydrogen) atoms. The summed E-state index contributed by atoms with van der Waals surface area (Å²) < 4.78 is 1.88. The largest absolute Gasteiger partial charge is 0.394 e. The van der Waals surface area contributed by atoms with Crippen molar-refractivity contribution in [2.45, 2.75) is 19.6 Å². The highest BCUT2D eigenvalue weighted by molar-refractivity contribution is 5.77. The lowest BCUT2D eigenvalue weighted by Crippen LogP contribution is -2.18. The Balaban J connectivity index is 1.64. The van der Waals surface area contributed by atoms with E-state index in [1.54, 1.807) is 0 Å². The molecule has 4 rings (SSSR count). The number of H-pyrrole nitrogens is 1. The molecule has 0 atom stereocenters. The average Bonchev–Trinajstić information content (AvgIpc) is 3.14. The number of nitrogens with zero attached hydrogens (tertiary/aromatic N) is 4. The molecule has 0 radical (unpaired) electrons. The molecule has 1 aliphatic heterocycles. The van der Waals surface area contributed by atoms with Gasteiger partial charge in [0.05, 0.1) is 31.6 Å².